The third-order valence-corrected chi connectivity index (χ3v) is 2.02. The second kappa shape index (κ2) is 2.86. The highest BCUT2D eigenvalue weighted by molar-refractivity contribution is 5.18. The van der Waals surface area contributed by atoms with Crippen LogP contribution in [0, 0.1) is 0 Å². The molecule has 0 aliphatic heterocycles. The van der Waals surface area contributed by atoms with E-state index < -0.39 is 0 Å². The molecular weight excluding hydrogens is 162 g/mol. The fourth-order valence-corrected chi connectivity index (χ4v) is 0.982. The lowest BCUT2D eigenvalue weighted by Gasteiger charge is -2.14. The molecule has 0 fully saturated rings. The van der Waals surface area contributed by atoms with E-state index in [2.05, 4.69) is 52.8 Å². The standard InChI is InChI=1S/C11H19NO/c1-10(2,3)8-7-9(13-12-8)11(4,5)6/h7H,1-6H3. The van der Waals surface area contributed by atoms with Gasteiger partial charge in [-0.25, -0.2) is 0 Å². The summed E-state index contributed by atoms with van der Waals surface area (Å²) in [6, 6.07) is 2.06. The van der Waals surface area contributed by atoms with Crippen molar-refractivity contribution in [1.29, 1.82) is 0 Å². The monoisotopic (exact) mass is 181 g/mol. The van der Waals surface area contributed by atoms with Crippen LogP contribution in [0.5, 0.6) is 0 Å². The van der Waals surface area contributed by atoms with E-state index in [4.69, 9.17) is 4.52 Å². The van der Waals surface area contributed by atoms with Gasteiger partial charge in [0.05, 0.1) is 5.69 Å². The molecule has 2 nitrogen and oxygen atoms in total. The van der Waals surface area contributed by atoms with E-state index in [9.17, 15) is 0 Å². The van der Waals surface area contributed by atoms with Crippen molar-refractivity contribution in [2.24, 2.45) is 0 Å². The van der Waals surface area contributed by atoms with Gasteiger partial charge in [0.25, 0.3) is 0 Å². The molecule has 1 heterocycles. The minimum Gasteiger partial charge on any atom is -0.361 e. The first-order valence-electron chi connectivity index (χ1n) is 4.69. The minimum atomic E-state index is 0.0521. The Morgan fingerprint density at radius 1 is 1.00 bits per heavy atom. The third kappa shape index (κ3) is 2.33. The molecule has 0 aliphatic carbocycles. The summed E-state index contributed by atoms with van der Waals surface area (Å²) < 4.78 is 5.31. The van der Waals surface area contributed by atoms with Crippen molar-refractivity contribution in [2.45, 2.75) is 52.4 Å². The molecule has 1 rings (SSSR count). The largest absolute Gasteiger partial charge is 0.361 e. The van der Waals surface area contributed by atoms with Crippen molar-refractivity contribution in [1.82, 2.24) is 5.16 Å². The Balaban J connectivity index is 3.01. The van der Waals surface area contributed by atoms with Gasteiger partial charge in [0.15, 0.2) is 0 Å². The zero-order chi connectivity index (χ0) is 10.3. The van der Waals surface area contributed by atoms with E-state index in [0.717, 1.165) is 11.5 Å². The van der Waals surface area contributed by atoms with E-state index in [1.807, 2.05) is 0 Å². The van der Waals surface area contributed by atoms with Gasteiger partial charge in [-0.15, -0.1) is 0 Å². The van der Waals surface area contributed by atoms with Gasteiger partial charge in [-0.1, -0.05) is 46.7 Å². The van der Waals surface area contributed by atoms with Gasteiger partial charge in [-0.2, -0.15) is 0 Å². The molecule has 0 aromatic carbocycles. The number of aromatic nitrogens is 1. The third-order valence-electron chi connectivity index (χ3n) is 2.02. The van der Waals surface area contributed by atoms with E-state index >= 15 is 0 Å². The van der Waals surface area contributed by atoms with Crippen LogP contribution in [0.1, 0.15) is 53.0 Å². The quantitative estimate of drug-likeness (QED) is 0.614. The van der Waals surface area contributed by atoms with Crippen LogP contribution in [0.15, 0.2) is 10.6 Å². The van der Waals surface area contributed by atoms with E-state index in [-0.39, 0.29) is 10.8 Å². The fraction of sp³-hybridized carbons (Fsp3) is 0.727. The molecular formula is C11H19NO. The molecule has 74 valence electrons. The minimum absolute atomic E-state index is 0.0521. The molecule has 0 amide bonds. The maximum absolute atomic E-state index is 5.31. The van der Waals surface area contributed by atoms with Crippen molar-refractivity contribution in [3.05, 3.63) is 17.5 Å². The van der Waals surface area contributed by atoms with Gasteiger partial charge in [0, 0.05) is 16.9 Å². The number of hydrogen-bond acceptors (Lipinski definition) is 2. The van der Waals surface area contributed by atoms with Gasteiger partial charge in [-0.05, 0) is 0 Å². The zero-order valence-corrected chi connectivity index (χ0v) is 9.43. The summed E-state index contributed by atoms with van der Waals surface area (Å²) in [4.78, 5) is 0. The molecule has 0 atom stereocenters. The smallest absolute Gasteiger partial charge is 0.142 e. The summed E-state index contributed by atoms with van der Waals surface area (Å²) >= 11 is 0. The highest BCUT2D eigenvalue weighted by Gasteiger charge is 2.24. The summed E-state index contributed by atoms with van der Waals surface area (Å²) in [5.41, 5.74) is 1.15. The predicted molar refractivity (Wildman–Crippen MR) is 53.9 cm³/mol. The number of nitrogens with zero attached hydrogens (tertiary/aromatic N) is 1. The highest BCUT2D eigenvalue weighted by atomic mass is 16.5. The normalized spacial score (nSPS) is 13.4. The number of hydrogen-bond donors (Lipinski definition) is 0. The maximum atomic E-state index is 5.31. The van der Waals surface area contributed by atoms with E-state index in [1.165, 1.54) is 0 Å². The Bertz CT molecular complexity index is 257. The molecule has 2 heteroatoms. The van der Waals surface area contributed by atoms with Crippen LogP contribution in [-0.4, -0.2) is 5.16 Å². The van der Waals surface area contributed by atoms with Crippen LogP contribution in [-0.2, 0) is 10.8 Å². The van der Waals surface area contributed by atoms with Gasteiger partial charge < -0.3 is 4.52 Å². The van der Waals surface area contributed by atoms with Crippen molar-refractivity contribution >= 4 is 0 Å². The van der Waals surface area contributed by atoms with Crippen LogP contribution < -0.4 is 0 Å². The van der Waals surface area contributed by atoms with Crippen molar-refractivity contribution in [3.8, 4) is 0 Å². The van der Waals surface area contributed by atoms with Crippen LogP contribution in [0.4, 0.5) is 0 Å². The second-order valence-electron chi connectivity index (χ2n) is 5.58. The van der Waals surface area contributed by atoms with Crippen LogP contribution in [0.25, 0.3) is 0 Å². The molecule has 0 saturated carbocycles. The average Bonchev–Trinajstić information content (AvgIpc) is 2.28. The Labute approximate surface area is 80.3 Å². The summed E-state index contributed by atoms with van der Waals surface area (Å²) in [5, 5.41) is 4.08. The molecule has 0 N–H and O–H groups in total. The maximum Gasteiger partial charge on any atom is 0.142 e. The first kappa shape index (κ1) is 10.3. The van der Waals surface area contributed by atoms with Crippen LogP contribution >= 0.6 is 0 Å². The van der Waals surface area contributed by atoms with Crippen LogP contribution in [0.3, 0.4) is 0 Å². The first-order valence-corrected chi connectivity index (χ1v) is 4.69. The first-order chi connectivity index (χ1) is 5.71. The van der Waals surface area contributed by atoms with Gasteiger partial charge >= 0.3 is 0 Å². The fourth-order valence-electron chi connectivity index (χ4n) is 0.982. The lowest BCUT2D eigenvalue weighted by molar-refractivity contribution is 0.319. The summed E-state index contributed by atoms with van der Waals surface area (Å²) in [6.45, 7) is 12.8. The second-order valence-corrected chi connectivity index (χ2v) is 5.58. The lowest BCUT2D eigenvalue weighted by atomic mass is 9.88. The van der Waals surface area contributed by atoms with Crippen LogP contribution in [0.2, 0.25) is 0 Å². The highest BCUT2D eigenvalue weighted by Crippen LogP contribution is 2.27. The predicted octanol–water partition coefficient (Wildman–Crippen LogP) is 3.27. The topological polar surface area (TPSA) is 26.0 Å². The molecule has 0 saturated heterocycles. The van der Waals surface area contributed by atoms with Gasteiger partial charge in [-0.3, -0.25) is 0 Å². The molecule has 13 heavy (non-hydrogen) atoms. The molecule has 0 radical (unpaired) electrons. The van der Waals surface area contributed by atoms with Crippen molar-refractivity contribution in [2.75, 3.05) is 0 Å². The molecule has 1 aromatic rings. The summed E-state index contributed by atoms with van der Waals surface area (Å²) in [6.07, 6.45) is 0. The van der Waals surface area contributed by atoms with Gasteiger partial charge in [0.2, 0.25) is 0 Å². The molecule has 0 spiro atoms. The Morgan fingerprint density at radius 3 is 1.77 bits per heavy atom. The summed E-state index contributed by atoms with van der Waals surface area (Å²) in [7, 11) is 0. The Hall–Kier alpha value is -0.790. The molecule has 0 unspecified atom stereocenters. The lowest BCUT2D eigenvalue weighted by Crippen LogP contribution is -2.12. The Kier molecular flexibility index (Phi) is 2.27. The zero-order valence-electron chi connectivity index (χ0n) is 9.43. The van der Waals surface area contributed by atoms with Gasteiger partial charge in [0.1, 0.15) is 5.76 Å². The molecule has 1 aromatic heterocycles. The molecule has 0 aliphatic rings. The van der Waals surface area contributed by atoms with Crippen molar-refractivity contribution in [3.63, 3.8) is 0 Å². The summed E-state index contributed by atoms with van der Waals surface area (Å²) in [5.74, 6) is 0.956. The SMILES string of the molecule is CC(C)(C)c1cc(C(C)(C)C)on1. The average molecular weight is 181 g/mol. The van der Waals surface area contributed by atoms with E-state index in [0.29, 0.717) is 0 Å². The Morgan fingerprint density at radius 2 is 1.54 bits per heavy atom. The molecule has 0 bridgehead atoms. The number of rotatable bonds is 0. The van der Waals surface area contributed by atoms with Crippen molar-refractivity contribution < 1.29 is 4.52 Å². The van der Waals surface area contributed by atoms with E-state index in [1.54, 1.807) is 0 Å².